The standard InChI is InChI=1S/C14H30N2O3/c1-10(2)12(8-9-15)6-7-13(17)16-11(3)14(18-4)19-5/h10-12,14H,6-9,15H2,1-5H3,(H,16,17). The Morgan fingerprint density at radius 1 is 1.16 bits per heavy atom. The van der Waals surface area contributed by atoms with Gasteiger partial charge in [0, 0.05) is 20.6 Å². The average molecular weight is 274 g/mol. The summed E-state index contributed by atoms with van der Waals surface area (Å²) in [5.74, 6) is 1.10. The van der Waals surface area contributed by atoms with E-state index >= 15 is 0 Å². The van der Waals surface area contributed by atoms with Gasteiger partial charge in [0.05, 0.1) is 6.04 Å². The van der Waals surface area contributed by atoms with Crippen molar-refractivity contribution >= 4 is 5.91 Å². The van der Waals surface area contributed by atoms with Crippen molar-refractivity contribution in [3.05, 3.63) is 0 Å². The van der Waals surface area contributed by atoms with E-state index in [1.54, 1.807) is 14.2 Å². The molecular weight excluding hydrogens is 244 g/mol. The Hall–Kier alpha value is -0.650. The molecule has 0 heterocycles. The molecule has 2 atom stereocenters. The molecule has 0 saturated carbocycles. The zero-order chi connectivity index (χ0) is 14.8. The molecule has 114 valence electrons. The van der Waals surface area contributed by atoms with Gasteiger partial charge in [-0.05, 0) is 38.1 Å². The van der Waals surface area contributed by atoms with E-state index in [2.05, 4.69) is 19.2 Å². The lowest BCUT2D eigenvalue weighted by atomic mass is 9.88. The maximum absolute atomic E-state index is 11.9. The maximum atomic E-state index is 11.9. The molecule has 0 aromatic rings. The van der Waals surface area contributed by atoms with Gasteiger partial charge in [0.2, 0.25) is 5.91 Å². The lowest BCUT2D eigenvalue weighted by Gasteiger charge is -2.23. The van der Waals surface area contributed by atoms with Gasteiger partial charge in [-0.3, -0.25) is 4.79 Å². The highest BCUT2D eigenvalue weighted by Crippen LogP contribution is 2.20. The molecule has 0 rings (SSSR count). The Labute approximate surface area is 117 Å². The molecule has 3 N–H and O–H groups in total. The van der Waals surface area contributed by atoms with E-state index in [0.29, 0.717) is 24.8 Å². The Morgan fingerprint density at radius 2 is 1.74 bits per heavy atom. The topological polar surface area (TPSA) is 73.6 Å². The highest BCUT2D eigenvalue weighted by atomic mass is 16.7. The number of nitrogens with one attached hydrogen (secondary N) is 1. The van der Waals surface area contributed by atoms with Crippen molar-refractivity contribution < 1.29 is 14.3 Å². The molecule has 0 aliphatic carbocycles. The molecule has 2 unspecified atom stereocenters. The van der Waals surface area contributed by atoms with Crippen LogP contribution in [0.5, 0.6) is 0 Å². The quantitative estimate of drug-likeness (QED) is 0.592. The minimum absolute atomic E-state index is 0.0364. The Bertz CT molecular complexity index is 243. The molecule has 0 aliphatic rings. The van der Waals surface area contributed by atoms with Crippen LogP contribution in [-0.4, -0.2) is 39.0 Å². The predicted molar refractivity (Wildman–Crippen MR) is 76.6 cm³/mol. The normalized spacial score (nSPS) is 14.7. The smallest absolute Gasteiger partial charge is 0.220 e. The second kappa shape index (κ2) is 10.2. The molecule has 0 saturated heterocycles. The van der Waals surface area contributed by atoms with Crippen LogP contribution in [0.2, 0.25) is 0 Å². The van der Waals surface area contributed by atoms with Crippen molar-refractivity contribution in [2.24, 2.45) is 17.6 Å². The molecule has 0 bridgehead atoms. The average Bonchev–Trinajstić information content (AvgIpc) is 2.35. The zero-order valence-corrected chi connectivity index (χ0v) is 12.9. The molecule has 0 aromatic carbocycles. The van der Waals surface area contributed by atoms with E-state index in [4.69, 9.17) is 15.2 Å². The summed E-state index contributed by atoms with van der Waals surface area (Å²) in [5.41, 5.74) is 5.60. The van der Waals surface area contributed by atoms with Crippen molar-refractivity contribution in [3.8, 4) is 0 Å². The highest BCUT2D eigenvalue weighted by molar-refractivity contribution is 5.76. The summed E-state index contributed by atoms with van der Waals surface area (Å²) in [5, 5.41) is 2.90. The summed E-state index contributed by atoms with van der Waals surface area (Å²) < 4.78 is 10.2. The number of hydrogen-bond donors (Lipinski definition) is 2. The molecule has 5 heteroatoms. The van der Waals surface area contributed by atoms with Crippen molar-refractivity contribution in [3.63, 3.8) is 0 Å². The molecular formula is C14H30N2O3. The van der Waals surface area contributed by atoms with Gasteiger partial charge in [0.15, 0.2) is 6.29 Å². The largest absolute Gasteiger partial charge is 0.354 e. The number of methoxy groups -OCH3 is 2. The van der Waals surface area contributed by atoms with Crippen LogP contribution in [0.25, 0.3) is 0 Å². The number of carbonyl (C=O) groups is 1. The molecule has 1 amide bonds. The molecule has 19 heavy (non-hydrogen) atoms. The number of carbonyl (C=O) groups excluding carboxylic acids is 1. The van der Waals surface area contributed by atoms with E-state index in [0.717, 1.165) is 12.8 Å². The number of rotatable bonds is 10. The van der Waals surface area contributed by atoms with E-state index < -0.39 is 6.29 Å². The fraction of sp³-hybridized carbons (Fsp3) is 0.929. The monoisotopic (exact) mass is 274 g/mol. The van der Waals surface area contributed by atoms with Gasteiger partial charge in [0.1, 0.15) is 0 Å². The van der Waals surface area contributed by atoms with Gasteiger partial charge in [-0.1, -0.05) is 13.8 Å². The third-order valence-corrected chi connectivity index (χ3v) is 3.48. The summed E-state index contributed by atoms with van der Waals surface area (Å²) in [6, 6.07) is -0.158. The van der Waals surface area contributed by atoms with Crippen LogP contribution < -0.4 is 11.1 Å². The maximum Gasteiger partial charge on any atom is 0.220 e. The number of ether oxygens (including phenoxy) is 2. The SMILES string of the molecule is COC(OC)C(C)NC(=O)CCC(CCN)C(C)C. The van der Waals surface area contributed by atoms with Gasteiger partial charge in [-0.25, -0.2) is 0 Å². The Morgan fingerprint density at radius 3 is 2.16 bits per heavy atom. The van der Waals surface area contributed by atoms with Crippen molar-refractivity contribution in [1.29, 1.82) is 0 Å². The Kier molecular flexibility index (Phi) is 9.83. The van der Waals surface area contributed by atoms with E-state index in [1.807, 2.05) is 6.92 Å². The molecule has 0 fully saturated rings. The first-order valence-electron chi connectivity index (χ1n) is 7.01. The van der Waals surface area contributed by atoms with Crippen molar-refractivity contribution in [2.75, 3.05) is 20.8 Å². The summed E-state index contributed by atoms with van der Waals surface area (Å²) in [6.07, 6.45) is 1.96. The van der Waals surface area contributed by atoms with Crippen LogP contribution in [0.15, 0.2) is 0 Å². The van der Waals surface area contributed by atoms with Crippen LogP contribution >= 0.6 is 0 Å². The fourth-order valence-electron chi connectivity index (χ4n) is 2.24. The second-order valence-electron chi connectivity index (χ2n) is 5.32. The fourth-order valence-corrected chi connectivity index (χ4v) is 2.24. The van der Waals surface area contributed by atoms with Gasteiger partial charge in [-0.2, -0.15) is 0 Å². The number of hydrogen-bond acceptors (Lipinski definition) is 4. The molecule has 5 nitrogen and oxygen atoms in total. The van der Waals surface area contributed by atoms with Crippen LogP contribution in [-0.2, 0) is 14.3 Å². The summed E-state index contributed by atoms with van der Waals surface area (Å²) in [4.78, 5) is 11.9. The first kappa shape index (κ1) is 18.4. The lowest BCUT2D eigenvalue weighted by molar-refractivity contribution is -0.136. The first-order valence-corrected chi connectivity index (χ1v) is 7.01. The third kappa shape index (κ3) is 7.50. The molecule has 0 spiro atoms. The summed E-state index contributed by atoms with van der Waals surface area (Å²) >= 11 is 0. The summed E-state index contributed by atoms with van der Waals surface area (Å²) in [6.45, 7) is 6.89. The van der Waals surface area contributed by atoms with E-state index in [-0.39, 0.29) is 11.9 Å². The second-order valence-corrected chi connectivity index (χ2v) is 5.32. The van der Waals surface area contributed by atoms with Crippen LogP contribution in [0.1, 0.15) is 40.0 Å². The first-order chi connectivity index (χ1) is 8.96. The van der Waals surface area contributed by atoms with Gasteiger partial charge >= 0.3 is 0 Å². The van der Waals surface area contributed by atoms with Crippen molar-refractivity contribution in [1.82, 2.24) is 5.32 Å². The predicted octanol–water partition coefficient (Wildman–Crippen LogP) is 1.51. The molecule has 0 aliphatic heterocycles. The van der Waals surface area contributed by atoms with Crippen LogP contribution in [0, 0.1) is 11.8 Å². The van der Waals surface area contributed by atoms with Crippen molar-refractivity contribution in [2.45, 2.75) is 52.4 Å². The van der Waals surface area contributed by atoms with Crippen LogP contribution in [0.4, 0.5) is 0 Å². The molecule has 0 aromatic heterocycles. The minimum Gasteiger partial charge on any atom is -0.354 e. The highest BCUT2D eigenvalue weighted by Gasteiger charge is 2.19. The van der Waals surface area contributed by atoms with Gasteiger partial charge in [0.25, 0.3) is 0 Å². The van der Waals surface area contributed by atoms with Gasteiger partial charge < -0.3 is 20.5 Å². The number of nitrogens with two attached hydrogens (primary N) is 1. The van der Waals surface area contributed by atoms with Gasteiger partial charge in [-0.15, -0.1) is 0 Å². The van der Waals surface area contributed by atoms with E-state index in [9.17, 15) is 4.79 Å². The van der Waals surface area contributed by atoms with Crippen LogP contribution in [0.3, 0.4) is 0 Å². The number of amides is 1. The summed E-state index contributed by atoms with van der Waals surface area (Å²) in [7, 11) is 3.12. The minimum atomic E-state index is -0.408. The zero-order valence-electron chi connectivity index (χ0n) is 12.9. The third-order valence-electron chi connectivity index (χ3n) is 3.48. The van der Waals surface area contributed by atoms with E-state index in [1.165, 1.54) is 0 Å². The Balaban J connectivity index is 4.09. The lowest BCUT2D eigenvalue weighted by Crippen LogP contribution is -2.43. The molecule has 0 radical (unpaired) electrons.